The zero-order valence-electron chi connectivity index (χ0n) is 13.9. The summed E-state index contributed by atoms with van der Waals surface area (Å²) in [4.78, 5) is 14.4. The Morgan fingerprint density at radius 3 is 2.44 bits per heavy atom. The van der Waals surface area contributed by atoms with Gasteiger partial charge in [0, 0.05) is 43.1 Å². The van der Waals surface area contributed by atoms with Crippen LogP contribution in [0.2, 0.25) is 5.02 Å². The van der Waals surface area contributed by atoms with Crippen LogP contribution in [0.25, 0.3) is 0 Å². The summed E-state index contributed by atoms with van der Waals surface area (Å²) in [6, 6.07) is 12.3. The quantitative estimate of drug-likeness (QED) is 0.795. The lowest BCUT2D eigenvalue weighted by Gasteiger charge is -2.17. The van der Waals surface area contributed by atoms with Crippen LogP contribution in [-0.4, -0.2) is 25.5 Å². The van der Waals surface area contributed by atoms with Crippen LogP contribution < -0.4 is 15.5 Å². The van der Waals surface area contributed by atoms with E-state index in [9.17, 15) is 9.18 Å². The maximum atomic E-state index is 13.1. The minimum absolute atomic E-state index is 0.0625. The fourth-order valence-electron chi connectivity index (χ4n) is 2.88. The van der Waals surface area contributed by atoms with Gasteiger partial charge >= 0.3 is 0 Å². The molecule has 0 aliphatic carbocycles. The molecule has 0 saturated carbocycles. The summed E-state index contributed by atoms with van der Waals surface area (Å²) in [6.07, 6.45) is 2.79. The number of nitrogens with zero attached hydrogens (tertiary/aromatic N) is 1. The Morgan fingerprint density at radius 2 is 1.76 bits per heavy atom. The molecule has 1 amide bonds. The number of nitrogens with one attached hydrogen (secondary N) is 2. The SMILES string of the molecule is O=C(CCNc1ccc(F)c(Cl)c1)Nc1ccc(N2CCCC2)cc1. The van der Waals surface area contributed by atoms with Gasteiger partial charge in [0.15, 0.2) is 0 Å². The molecular weight excluding hydrogens is 341 g/mol. The van der Waals surface area contributed by atoms with E-state index in [0.29, 0.717) is 18.7 Å². The summed E-state index contributed by atoms with van der Waals surface area (Å²) in [5.41, 5.74) is 2.68. The van der Waals surface area contributed by atoms with Crippen molar-refractivity contribution >= 4 is 34.6 Å². The number of hydrogen-bond acceptors (Lipinski definition) is 3. The molecule has 1 heterocycles. The van der Waals surface area contributed by atoms with Crippen LogP contribution in [-0.2, 0) is 4.79 Å². The van der Waals surface area contributed by atoms with Crippen molar-refractivity contribution < 1.29 is 9.18 Å². The van der Waals surface area contributed by atoms with Crippen LogP contribution in [0.5, 0.6) is 0 Å². The van der Waals surface area contributed by atoms with Crippen LogP contribution in [0.4, 0.5) is 21.5 Å². The highest BCUT2D eigenvalue weighted by molar-refractivity contribution is 6.31. The minimum Gasteiger partial charge on any atom is -0.384 e. The van der Waals surface area contributed by atoms with Gasteiger partial charge in [-0.1, -0.05) is 11.6 Å². The molecule has 0 aromatic heterocycles. The maximum Gasteiger partial charge on any atom is 0.226 e. The zero-order chi connectivity index (χ0) is 17.6. The van der Waals surface area contributed by atoms with Crippen molar-refractivity contribution in [2.24, 2.45) is 0 Å². The number of amides is 1. The second-order valence-electron chi connectivity index (χ2n) is 6.09. The Hall–Kier alpha value is -2.27. The van der Waals surface area contributed by atoms with E-state index < -0.39 is 5.82 Å². The third-order valence-corrected chi connectivity index (χ3v) is 4.51. The molecule has 25 heavy (non-hydrogen) atoms. The summed E-state index contributed by atoms with van der Waals surface area (Å²) < 4.78 is 13.1. The lowest BCUT2D eigenvalue weighted by atomic mass is 10.2. The first-order valence-electron chi connectivity index (χ1n) is 8.45. The van der Waals surface area contributed by atoms with Crippen LogP contribution in [0, 0.1) is 5.82 Å². The van der Waals surface area contributed by atoms with Crippen LogP contribution in [0.15, 0.2) is 42.5 Å². The molecule has 4 nitrogen and oxygen atoms in total. The van der Waals surface area contributed by atoms with Crippen molar-refractivity contribution in [2.45, 2.75) is 19.3 Å². The van der Waals surface area contributed by atoms with Crippen molar-refractivity contribution in [3.63, 3.8) is 0 Å². The lowest BCUT2D eigenvalue weighted by molar-refractivity contribution is -0.115. The van der Waals surface area contributed by atoms with E-state index >= 15 is 0 Å². The van der Waals surface area contributed by atoms with Gasteiger partial charge in [0.25, 0.3) is 0 Å². The predicted molar refractivity (Wildman–Crippen MR) is 101 cm³/mol. The maximum absolute atomic E-state index is 13.1. The topological polar surface area (TPSA) is 44.4 Å². The number of halogens is 2. The molecular formula is C19H21ClFN3O. The Morgan fingerprint density at radius 1 is 1.08 bits per heavy atom. The first-order valence-corrected chi connectivity index (χ1v) is 8.83. The Kier molecular flexibility index (Phi) is 5.76. The minimum atomic E-state index is -0.456. The van der Waals surface area contributed by atoms with Gasteiger partial charge in [0.05, 0.1) is 5.02 Å². The third kappa shape index (κ3) is 4.86. The van der Waals surface area contributed by atoms with Gasteiger partial charge in [-0.2, -0.15) is 0 Å². The molecule has 2 aromatic rings. The summed E-state index contributed by atoms with van der Waals surface area (Å²) in [6.45, 7) is 2.65. The van der Waals surface area contributed by atoms with E-state index in [1.165, 1.54) is 30.7 Å². The number of carbonyl (C=O) groups excluding carboxylic acids is 1. The highest BCUT2D eigenvalue weighted by Gasteiger charge is 2.12. The molecule has 0 bridgehead atoms. The first-order chi connectivity index (χ1) is 12.1. The fourth-order valence-corrected chi connectivity index (χ4v) is 3.06. The van der Waals surface area contributed by atoms with Gasteiger partial charge in [0.1, 0.15) is 5.82 Å². The molecule has 1 aliphatic heterocycles. The summed E-state index contributed by atoms with van der Waals surface area (Å²) in [5, 5.41) is 6.00. The highest BCUT2D eigenvalue weighted by atomic mass is 35.5. The third-order valence-electron chi connectivity index (χ3n) is 4.22. The van der Waals surface area contributed by atoms with E-state index in [2.05, 4.69) is 15.5 Å². The zero-order valence-corrected chi connectivity index (χ0v) is 14.7. The van der Waals surface area contributed by atoms with Crippen LogP contribution >= 0.6 is 11.6 Å². The van der Waals surface area contributed by atoms with Crippen LogP contribution in [0.3, 0.4) is 0 Å². The van der Waals surface area contributed by atoms with E-state index in [1.54, 1.807) is 6.07 Å². The van der Waals surface area contributed by atoms with E-state index in [4.69, 9.17) is 11.6 Å². The standard InChI is InChI=1S/C19H21ClFN3O/c20-17-13-15(5-8-18(17)21)22-10-9-19(25)23-14-3-6-16(7-4-14)24-11-1-2-12-24/h3-8,13,22H,1-2,9-12H2,(H,23,25). The van der Waals surface area contributed by atoms with Gasteiger partial charge in [-0.25, -0.2) is 4.39 Å². The van der Waals surface area contributed by atoms with Crippen molar-refractivity contribution in [3.05, 3.63) is 53.3 Å². The lowest BCUT2D eigenvalue weighted by Crippen LogP contribution is -2.18. The van der Waals surface area contributed by atoms with Crippen molar-refractivity contribution in [3.8, 4) is 0 Å². The normalized spacial score (nSPS) is 13.8. The number of benzene rings is 2. The summed E-state index contributed by atoms with van der Waals surface area (Å²) in [7, 11) is 0. The summed E-state index contributed by atoms with van der Waals surface area (Å²) in [5.74, 6) is -0.531. The van der Waals surface area contributed by atoms with E-state index in [-0.39, 0.29) is 10.9 Å². The van der Waals surface area contributed by atoms with Crippen LogP contribution in [0.1, 0.15) is 19.3 Å². The van der Waals surface area contributed by atoms with E-state index in [1.807, 2.05) is 24.3 Å². The average Bonchev–Trinajstić information content (AvgIpc) is 3.13. The van der Waals surface area contributed by atoms with Gasteiger partial charge < -0.3 is 15.5 Å². The predicted octanol–water partition coefficient (Wildman–Crippen LogP) is 4.52. The van der Waals surface area contributed by atoms with Gasteiger partial charge in [-0.3, -0.25) is 4.79 Å². The largest absolute Gasteiger partial charge is 0.384 e. The van der Waals surface area contributed by atoms with E-state index in [0.717, 1.165) is 18.8 Å². The number of anilines is 3. The Balaban J connectivity index is 1.44. The average molecular weight is 362 g/mol. The molecule has 2 N–H and O–H groups in total. The molecule has 0 spiro atoms. The summed E-state index contributed by atoms with van der Waals surface area (Å²) >= 11 is 5.72. The van der Waals surface area contributed by atoms with Crippen molar-refractivity contribution in [2.75, 3.05) is 35.2 Å². The molecule has 0 atom stereocenters. The fraction of sp³-hybridized carbons (Fsp3) is 0.316. The Bertz CT molecular complexity index is 730. The molecule has 0 unspecified atom stereocenters. The molecule has 0 radical (unpaired) electrons. The molecule has 2 aromatic carbocycles. The molecule has 132 valence electrons. The number of carbonyl (C=O) groups is 1. The second-order valence-corrected chi connectivity index (χ2v) is 6.50. The number of hydrogen-bond donors (Lipinski definition) is 2. The molecule has 1 fully saturated rings. The molecule has 3 rings (SSSR count). The van der Waals surface area contributed by atoms with Crippen molar-refractivity contribution in [1.29, 1.82) is 0 Å². The van der Waals surface area contributed by atoms with Gasteiger partial charge in [-0.05, 0) is 55.3 Å². The highest BCUT2D eigenvalue weighted by Crippen LogP contribution is 2.22. The van der Waals surface area contributed by atoms with Gasteiger partial charge in [-0.15, -0.1) is 0 Å². The smallest absolute Gasteiger partial charge is 0.226 e. The first kappa shape index (κ1) is 17.5. The molecule has 6 heteroatoms. The monoisotopic (exact) mass is 361 g/mol. The Labute approximate surface area is 152 Å². The molecule has 1 aliphatic rings. The van der Waals surface area contributed by atoms with Crippen molar-refractivity contribution in [1.82, 2.24) is 0 Å². The molecule has 1 saturated heterocycles. The second kappa shape index (κ2) is 8.21. The van der Waals surface area contributed by atoms with Gasteiger partial charge in [0.2, 0.25) is 5.91 Å². The number of rotatable bonds is 6.